The molecular formula is C27H22FN3O4S2. The summed E-state index contributed by atoms with van der Waals surface area (Å²) in [7, 11) is -1.17. The lowest BCUT2D eigenvalue weighted by Gasteiger charge is -2.14. The molecule has 0 fully saturated rings. The molecule has 2 heterocycles. The van der Waals surface area contributed by atoms with E-state index in [1.807, 2.05) is 36.4 Å². The summed E-state index contributed by atoms with van der Waals surface area (Å²) in [4.78, 5) is 9.85. The first-order valence-electron chi connectivity index (χ1n) is 11.2. The molecule has 37 heavy (non-hydrogen) atoms. The molecule has 3 aromatic carbocycles. The largest absolute Gasteiger partial charge is 0.497 e. The van der Waals surface area contributed by atoms with Gasteiger partial charge < -0.3 is 9.47 Å². The van der Waals surface area contributed by atoms with Gasteiger partial charge in [-0.25, -0.2) is 22.8 Å². The summed E-state index contributed by atoms with van der Waals surface area (Å²) in [5, 5.41) is 0.701. The Morgan fingerprint density at radius 1 is 0.946 bits per heavy atom. The molecule has 0 aliphatic carbocycles. The van der Waals surface area contributed by atoms with E-state index < -0.39 is 15.8 Å². The zero-order valence-corrected chi connectivity index (χ0v) is 21.8. The normalized spacial score (nSPS) is 11.5. The Hall–Kier alpha value is -4.02. The van der Waals surface area contributed by atoms with Gasteiger partial charge >= 0.3 is 0 Å². The summed E-state index contributed by atoms with van der Waals surface area (Å²) in [5.41, 5.74) is 4.39. The molecule has 0 amide bonds. The molecule has 0 saturated carbocycles. The summed E-state index contributed by atoms with van der Waals surface area (Å²) < 4.78 is 53.0. The molecule has 5 rings (SSSR count). The lowest BCUT2D eigenvalue weighted by atomic mass is 10.1. The van der Waals surface area contributed by atoms with Crippen LogP contribution in [-0.2, 0) is 10.0 Å². The Bertz CT molecular complexity index is 1740. The second kappa shape index (κ2) is 9.79. The van der Waals surface area contributed by atoms with Crippen molar-refractivity contribution in [1.29, 1.82) is 0 Å². The highest BCUT2D eigenvalue weighted by molar-refractivity contribution is 7.92. The third-order valence-electron chi connectivity index (χ3n) is 5.87. The molecule has 7 nitrogen and oxygen atoms in total. The van der Waals surface area contributed by atoms with Gasteiger partial charge in [0.25, 0.3) is 10.0 Å². The molecule has 0 radical (unpaired) electrons. The average Bonchev–Trinajstić information content (AvgIpc) is 3.33. The van der Waals surface area contributed by atoms with Crippen LogP contribution in [0.4, 0.5) is 10.1 Å². The van der Waals surface area contributed by atoms with Crippen molar-refractivity contribution in [2.45, 2.75) is 11.8 Å². The summed E-state index contributed by atoms with van der Waals surface area (Å²) in [6.07, 6.45) is 1.79. The fraction of sp³-hybridized carbons (Fsp3) is 0.111. The molecule has 1 N–H and O–H groups in total. The maximum absolute atomic E-state index is 13.8. The monoisotopic (exact) mass is 535 g/mol. The van der Waals surface area contributed by atoms with E-state index in [0.717, 1.165) is 44.9 Å². The molecule has 0 bridgehead atoms. The van der Waals surface area contributed by atoms with Crippen molar-refractivity contribution >= 4 is 37.4 Å². The molecule has 2 aromatic heterocycles. The highest BCUT2D eigenvalue weighted by Gasteiger charge is 2.22. The molecule has 10 heteroatoms. The SMILES string of the molecule is COc1cccc(-c2cnc3sc(-c4cccc(NS(=O)(=O)c5cc(F)ccc5OC)c4C)nc3c2)c1. The fourth-order valence-corrected chi connectivity index (χ4v) is 6.21. The second-order valence-electron chi connectivity index (χ2n) is 8.18. The minimum absolute atomic E-state index is 0.0480. The summed E-state index contributed by atoms with van der Waals surface area (Å²) in [6.45, 7) is 1.80. The van der Waals surface area contributed by atoms with E-state index in [1.54, 1.807) is 32.4 Å². The highest BCUT2D eigenvalue weighted by Crippen LogP contribution is 2.36. The number of ether oxygens (including phenoxy) is 2. The first kappa shape index (κ1) is 24.7. The van der Waals surface area contributed by atoms with Gasteiger partial charge in [-0.2, -0.15) is 0 Å². The number of nitrogens with zero attached hydrogens (tertiary/aromatic N) is 2. The van der Waals surface area contributed by atoms with Crippen LogP contribution >= 0.6 is 11.3 Å². The zero-order chi connectivity index (χ0) is 26.2. The maximum Gasteiger partial charge on any atom is 0.265 e. The van der Waals surface area contributed by atoms with Crippen molar-refractivity contribution in [3.8, 4) is 33.2 Å². The van der Waals surface area contributed by atoms with Crippen molar-refractivity contribution in [3.05, 3.63) is 84.3 Å². The van der Waals surface area contributed by atoms with E-state index in [2.05, 4.69) is 9.71 Å². The number of benzene rings is 3. The van der Waals surface area contributed by atoms with E-state index in [0.29, 0.717) is 16.3 Å². The van der Waals surface area contributed by atoms with Gasteiger partial charge in [-0.05, 0) is 60.5 Å². The Labute approximate surface area is 217 Å². The third-order valence-corrected chi connectivity index (χ3v) is 8.27. The number of hydrogen-bond donors (Lipinski definition) is 1. The Kier molecular flexibility index (Phi) is 6.53. The van der Waals surface area contributed by atoms with Gasteiger partial charge in [0.2, 0.25) is 0 Å². The predicted molar refractivity (Wildman–Crippen MR) is 143 cm³/mol. The lowest BCUT2D eigenvalue weighted by Crippen LogP contribution is -2.15. The van der Waals surface area contributed by atoms with Crippen LogP contribution in [-0.4, -0.2) is 32.6 Å². The Balaban J connectivity index is 1.50. The number of fused-ring (bicyclic) bond motifs is 1. The van der Waals surface area contributed by atoms with Crippen LogP contribution in [0.2, 0.25) is 0 Å². The third kappa shape index (κ3) is 4.85. The second-order valence-corrected chi connectivity index (χ2v) is 10.8. The Morgan fingerprint density at radius 2 is 1.76 bits per heavy atom. The van der Waals surface area contributed by atoms with Gasteiger partial charge in [0.15, 0.2) is 0 Å². The number of nitrogens with one attached hydrogen (secondary N) is 1. The van der Waals surface area contributed by atoms with E-state index in [1.165, 1.54) is 24.5 Å². The van der Waals surface area contributed by atoms with Gasteiger partial charge in [0.05, 0.1) is 19.9 Å². The average molecular weight is 536 g/mol. The van der Waals surface area contributed by atoms with Crippen LogP contribution in [0.5, 0.6) is 11.5 Å². The predicted octanol–water partition coefficient (Wildman–Crippen LogP) is 6.29. The standard InChI is InChI=1S/C27H22FN3O4S2/c1-16-21(8-5-9-22(16)31-37(32,33)25-14-19(28)10-11-24(25)35-3)26-30-23-13-18(15-29-27(23)36-26)17-6-4-7-20(12-17)34-2/h4-15,31H,1-3H3. The van der Waals surface area contributed by atoms with Gasteiger partial charge in [-0.15, -0.1) is 0 Å². The van der Waals surface area contributed by atoms with Gasteiger partial charge in [0, 0.05) is 17.3 Å². The molecule has 0 atom stereocenters. The molecule has 0 spiro atoms. The van der Waals surface area contributed by atoms with Gasteiger partial charge in [0.1, 0.15) is 37.6 Å². The summed E-state index contributed by atoms with van der Waals surface area (Å²) in [5.74, 6) is 0.121. The summed E-state index contributed by atoms with van der Waals surface area (Å²) in [6, 6.07) is 18.3. The van der Waals surface area contributed by atoms with E-state index in [4.69, 9.17) is 14.5 Å². The number of halogens is 1. The fourth-order valence-electron chi connectivity index (χ4n) is 3.94. The van der Waals surface area contributed by atoms with Gasteiger partial charge in [-0.3, -0.25) is 4.72 Å². The van der Waals surface area contributed by atoms with E-state index in [-0.39, 0.29) is 10.6 Å². The van der Waals surface area contributed by atoms with E-state index >= 15 is 0 Å². The number of methoxy groups -OCH3 is 2. The first-order chi connectivity index (χ1) is 17.8. The maximum atomic E-state index is 13.8. The topological polar surface area (TPSA) is 90.4 Å². The zero-order valence-electron chi connectivity index (χ0n) is 20.2. The van der Waals surface area contributed by atoms with Crippen molar-refractivity contribution in [2.24, 2.45) is 0 Å². The number of sulfonamides is 1. The number of aromatic nitrogens is 2. The minimum Gasteiger partial charge on any atom is -0.497 e. The smallest absolute Gasteiger partial charge is 0.265 e. The number of pyridine rings is 1. The van der Waals surface area contributed by atoms with Crippen LogP contribution < -0.4 is 14.2 Å². The highest BCUT2D eigenvalue weighted by atomic mass is 32.2. The minimum atomic E-state index is -4.12. The van der Waals surface area contributed by atoms with Crippen molar-refractivity contribution < 1.29 is 22.3 Å². The molecule has 188 valence electrons. The van der Waals surface area contributed by atoms with Crippen LogP contribution in [0.15, 0.2) is 77.8 Å². The van der Waals surface area contributed by atoms with Crippen molar-refractivity contribution in [1.82, 2.24) is 9.97 Å². The molecule has 0 aliphatic rings. The molecule has 5 aromatic rings. The number of hydrogen-bond acceptors (Lipinski definition) is 7. The van der Waals surface area contributed by atoms with Crippen LogP contribution in [0.3, 0.4) is 0 Å². The molecule has 0 aliphatic heterocycles. The molecular weight excluding hydrogens is 513 g/mol. The van der Waals surface area contributed by atoms with Crippen LogP contribution in [0.1, 0.15) is 5.56 Å². The van der Waals surface area contributed by atoms with Crippen LogP contribution in [0.25, 0.3) is 32.0 Å². The van der Waals surface area contributed by atoms with Crippen LogP contribution in [0, 0.1) is 12.7 Å². The van der Waals surface area contributed by atoms with Crippen molar-refractivity contribution in [2.75, 3.05) is 18.9 Å². The van der Waals surface area contributed by atoms with E-state index in [9.17, 15) is 12.8 Å². The van der Waals surface area contributed by atoms with Crippen molar-refractivity contribution in [3.63, 3.8) is 0 Å². The lowest BCUT2D eigenvalue weighted by molar-refractivity contribution is 0.401. The molecule has 0 unspecified atom stereocenters. The molecule has 0 saturated heterocycles. The number of thiazole rings is 1. The Morgan fingerprint density at radius 3 is 2.54 bits per heavy atom. The summed E-state index contributed by atoms with van der Waals surface area (Å²) >= 11 is 1.41. The quantitative estimate of drug-likeness (QED) is 0.263. The first-order valence-corrected chi connectivity index (χ1v) is 13.5. The number of rotatable bonds is 7. The van der Waals surface area contributed by atoms with Gasteiger partial charge in [-0.1, -0.05) is 35.6 Å². The number of anilines is 1.